The fraction of sp³-hybridized carbons (Fsp3) is 0.294. The van der Waals surface area contributed by atoms with Crippen molar-refractivity contribution in [3.05, 3.63) is 53.6 Å². The summed E-state index contributed by atoms with van der Waals surface area (Å²) in [5.41, 5.74) is 3.05. The Bertz CT molecular complexity index is 584. The Morgan fingerprint density at radius 1 is 1.00 bits per heavy atom. The highest BCUT2D eigenvalue weighted by Gasteiger charge is 2.08. The van der Waals surface area contributed by atoms with Crippen LogP contribution in [0.5, 0.6) is 11.5 Å². The van der Waals surface area contributed by atoms with Crippen molar-refractivity contribution in [2.75, 3.05) is 26.1 Å². The molecule has 2 N–H and O–H groups in total. The lowest BCUT2D eigenvalue weighted by molar-refractivity contribution is 0.202. The number of rotatable bonds is 7. The molecule has 0 radical (unpaired) electrons. The lowest BCUT2D eigenvalue weighted by Gasteiger charge is -2.13. The molecular formula is C17H21NO3. The first kappa shape index (κ1) is 15.2. The Balaban J connectivity index is 2.10. The SMILES string of the molecule is COCCc1ccccc1NCc1cccc(OC)c1O. The molecule has 0 aliphatic carbocycles. The topological polar surface area (TPSA) is 50.7 Å². The predicted octanol–water partition coefficient (Wildman–Crippen LogP) is 3.20. The number of nitrogens with one attached hydrogen (secondary N) is 1. The van der Waals surface area contributed by atoms with Gasteiger partial charge in [0, 0.05) is 24.9 Å². The van der Waals surface area contributed by atoms with Gasteiger partial charge in [0.05, 0.1) is 13.7 Å². The molecule has 0 unspecified atom stereocenters. The average molecular weight is 287 g/mol. The van der Waals surface area contributed by atoms with Crippen LogP contribution in [0, 0.1) is 0 Å². The van der Waals surface area contributed by atoms with Crippen LogP contribution in [0.1, 0.15) is 11.1 Å². The van der Waals surface area contributed by atoms with Crippen LogP contribution >= 0.6 is 0 Å². The minimum Gasteiger partial charge on any atom is -0.504 e. The van der Waals surface area contributed by atoms with Crippen molar-refractivity contribution < 1.29 is 14.6 Å². The maximum Gasteiger partial charge on any atom is 0.162 e. The van der Waals surface area contributed by atoms with E-state index in [1.54, 1.807) is 20.3 Å². The van der Waals surface area contributed by atoms with Crippen LogP contribution in [0.3, 0.4) is 0 Å². The van der Waals surface area contributed by atoms with Crippen LogP contribution in [-0.4, -0.2) is 25.9 Å². The molecule has 0 saturated heterocycles. The van der Waals surface area contributed by atoms with Crippen molar-refractivity contribution in [2.45, 2.75) is 13.0 Å². The summed E-state index contributed by atoms with van der Waals surface area (Å²) in [4.78, 5) is 0. The van der Waals surface area contributed by atoms with Gasteiger partial charge in [0.15, 0.2) is 11.5 Å². The Hall–Kier alpha value is -2.20. The maximum atomic E-state index is 10.1. The second kappa shape index (κ2) is 7.55. The minimum atomic E-state index is 0.182. The van der Waals surface area contributed by atoms with Crippen molar-refractivity contribution in [2.24, 2.45) is 0 Å². The normalized spacial score (nSPS) is 10.4. The van der Waals surface area contributed by atoms with Crippen molar-refractivity contribution >= 4 is 5.69 Å². The molecule has 4 heteroatoms. The molecule has 0 atom stereocenters. The summed E-state index contributed by atoms with van der Waals surface area (Å²) >= 11 is 0. The van der Waals surface area contributed by atoms with Crippen molar-refractivity contribution in [3.63, 3.8) is 0 Å². The zero-order chi connectivity index (χ0) is 15.1. The Labute approximate surface area is 125 Å². The van der Waals surface area contributed by atoms with Gasteiger partial charge in [-0.3, -0.25) is 0 Å². The van der Waals surface area contributed by atoms with E-state index in [1.807, 2.05) is 30.3 Å². The van der Waals surface area contributed by atoms with E-state index in [4.69, 9.17) is 9.47 Å². The van der Waals surface area contributed by atoms with Crippen LogP contribution in [0.25, 0.3) is 0 Å². The third kappa shape index (κ3) is 3.89. The largest absolute Gasteiger partial charge is 0.504 e. The molecule has 2 aromatic rings. The van der Waals surface area contributed by atoms with Gasteiger partial charge >= 0.3 is 0 Å². The van der Waals surface area contributed by atoms with Gasteiger partial charge < -0.3 is 19.9 Å². The average Bonchev–Trinajstić information content (AvgIpc) is 2.52. The summed E-state index contributed by atoms with van der Waals surface area (Å²) in [5.74, 6) is 0.670. The Morgan fingerprint density at radius 2 is 1.76 bits per heavy atom. The van der Waals surface area contributed by atoms with Gasteiger partial charge in [0.25, 0.3) is 0 Å². The van der Waals surface area contributed by atoms with E-state index in [1.165, 1.54) is 5.56 Å². The van der Waals surface area contributed by atoms with Gasteiger partial charge in [-0.05, 0) is 24.1 Å². The van der Waals surface area contributed by atoms with Crippen LogP contribution in [0.2, 0.25) is 0 Å². The van der Waals surface area contributed by atoms with Crippen LogP contribution in [0.15, 0.2) is 42.5 Å². The van der Waals surface area contributed by atoms with Gasteiger partial charge in [0.1, 0.15) is 0 Å². The van der Waals surface area contributed by atoms with Crippen LogP contribution < -0.4 is 10.1 Å². The van der Waals surface area contributed by atoms with Gasteiger partial charge in [-0.15, -0.1) is 0 Å². The molecule has 0 spiro atoms. The summed E-state index contributed by atoms with van der Waals surface area (Å²) < 4.78 is 10.2. The highest BCUT2D eigenvalue weighted by Crippen LogP contribution is 2.30. The zero-order valence-electron chi connectivity index (χ0n) is 12.4. The Morgan fingerprint density at radius 3 is 2.52 bits per heavy atom. The third-order valence-corrected chi connectivity index (χ3v) is 3.36. The third-order valence-electron chi connectivity index (χ3n) is 3.36. The predicted molar refractivity (Wildman–Crippen MR) is 84.0 cm³/mol. The molecule has 21 heavy (non-hydrogen) atoms. The van der Waals surface area contributed by atoms with Crippen molar-refractivity contribution in [1.82, 2.24) is 0 Å². The number of methoxy groups -OCH3 is 2. The van der Waals surface area contributed by atoms with E-state index in [-0.39, 0.29) is 5.75 Å². The van der Waals surface area contributed by atoms with Crippen molar-refractivity contribution in [3.8, 4) is 11.5 Å². The quantitative estimate of drug-likeness (QED) is 0.821. The summed E-state index contributed by atoms with van der Waals surface area (Å²) in [6, 6.07) is 13.6. The van der Waals surface area contributed by atoms with Gasteiger partial charge in [-0.1, -0.05) is 30.3 Å². The van der Waals surface area contributed by atoms with Crippen LogP contribution in [-0.2, 0) is 17.7 Å². The van der Waals surface area contributed by atoms with Crippen LogP contribution in [0.4, 0.5) is 5.69 Å². The number of ether oxygens (including phenoxy) is 2. The molecule has 0 amide bonds. The van der Waals surface area contributed by atoms with E-state index in [2.05, 4.69) is 11.4 Å². The molecule has 4 nitrogen and oxygen atoms in total. The maximum absolute atomic E-state index is 10.1. The molecule has 0 aromatic heterocycles. The molecule has 0 aliphatic heterocycles. The molecule has 0 heterocycles. The second-order valence-corrected chi connectivity index (χ2v) is 4.72. The van der Waals surface area contributed by atoms with Gasteiger partial charge in [-0.2, -0.15) is 0 Å². The molecular weight excluding hydrogens is 266 g/mol. The fourth-order valence-electron chi connectivity index (χ4n) is 2.19. The monoisotopic (exact) mass is 287 g/mol. The molecule has 0 fully saturated rings. The van der Waals surface area contributed by atoms with E-state index in [0.29, 0.717) is 18.9 Å². The summed E-state index contributed by atoms with van der Waals surface area (Å²) in [5, 5.41) is 13.5. The highest BCUT2D eigenvalue weighted by atomic mass is 16.5. The van der Waals surface area contributed by atoms with E-state index < -0.39 is 0 Å². The van der Waals surface area contributed by atoms with E-state index in [9.17, 15) is 5.11 Å². The second-order valence-electron chi connectivity index (χ2n) is 4.72. The summed E-state index contributed by atoms with van der Waals surface area (Å²) in [6.07, 6.45) is 0.851. The first-order valence-electron chi connectivity index (χ1n) is 6.91. The first-order valence-corrected chi connectivity index (χ1v) is 6.91. The van der Waals surface area contributed by atoms with Crippen molar-refractivity contribution in [1.29, 1.82) is 0 Å². The van der Waals surface area contributed by atoms with E-state index in [0.717, 1.165) is 17.7 Å². The zero-order valence-corrected chi connectivity index (χ0v) is 12.4. The molecule has 0 aliphatic rings. The molecule has 112 valence electrons. The lowest BCUT2D eigenvalue weighted by Crippen LogP contribution is -2.04. The molecule has 2 rings (SSSR count). The first-order chi connectivity index (χ1) is 10.3. The standard InChI is InChI=1S/C17H21NO3/c1-20-11-10-13-6-3-4-8-15(13)18-12-14-7-5-9-16(21-2)17(14)19/h3-9,18-19H,10-12H2,1-2H3. The van der Waals surface area contributed by atoms with Gasteiger partial charge in [0.2, 0.25) is 0 Å². The number of phenols is 1. The Kier molecular flexibility index (Phi) is 5.46. The molecule has 0 saturated carbocycles. The summed E-state index contributed by atoms with van der Waals surface area (Å²) in [6.45, 7) is 1.22. The summed E-state index contributed by atoms with van der Waals surface area (Å²) in [7, 11) is 3.25. The fourth-order valence-corrected chi connectivity index (χ4v) is 2.19. The lowest BCUT2D eigenvalue weighted by atomic mass is 10.1. The molecule has 0 bridgehead atoms. The molecule has 2 aromatic carbocycles. The van der Waals surface area contributed by atoms with E-state index >= 15 is 0 Å². The minimum absolute atomic E-state index is 0.182. The van der Waals surface area contributed by atoms with Gasteiger partial charge in [-0.25, -0.2) is 0 Å². The number of aromatic hydroxyl groups is 1. The smallest absolute Gasteiger partial charge is 0.162 e. The number of anilines is 1. The number of phenolic OH excluding ortho intramolecular Hbond substituents is 1. The number of para-hydroxylation sites is 2. The number of benzene rings is 2. The number of hydrogen-bond donors (Lipinski definition) is 2. The number of hydrogen-bond acceptors (Lipinski definition) is 4. The highest BCUT2D eigenvalue weighted by molar-refractivity contribution is 5.53.